The number of rotatable bonds is 7. The number of carbonyl (C=O) groups is 1. The van der Waals surface area contributed by atoms with Crippen molar-refractivity contribution in [3.63, 3.8) is 0 Å². The van der Waals surface area contributed by atoms with Gasteiger partial charge in [0, 0.05) is 32.1 Å². The average Bonchev–Trinajstić information content (AvgIpc) is 2.66. The lowest BCUT2D eigenvalue weighted by Crippen LogP contribution is -2.44. The third kappa shape index (κ3) is 5.41. The Labute approximate surface area is 167 Å². The summed E-state index contributed by atoms with van der Waals surface area (Å²) in [5.41, 5.74) is 3.67. The van der Waals surface area contributed by atoms with E-state index < -0.39 is 10.0 Å². The van der Waals surface area contributed by atoms with Gasteiger partial charge in [0.1, 0.15) is 0 Å². The largest absolute Gasteiger partial charge is 0.336 e. The number of hydrogen-bond acceptors (Lipinski definition) is 4. The van der Waals surface area contributed by atoms with Crippen molar-refractivity contribution in [1.82, 2.24) is 14.5 Å². The van der Waals surface area contributed by atoms with Crippen LogP contribution in [-0.2, 0) is 21.4 Å². The van der Waals surface area contributed by atoms with Gasteiger partial charge >= 0.3 is 0 Å². The minimum atomic E-state index is -3.21. The van der Waals surface area contributed by atoms with Crippen LogP contribution in [0.25, 0.3) is 0 Å². The Morgan fingerprint density at radius 3 is 2.54 bits per heavy atom. The third-order valence-electron chi connectivity index (χ3n) is 5.01. The molecule has 0 saturated heterocycles. The zero-order valence-corrected chi connectivity index (χ0v) is 17.2. The molecule has 1 amide bonds. The topological polar surface area (TPSA) is 69.7 Å². The number of benzene rings is 2. The second-order valence-corrected chi connectivity index (χ2v) is 9.17. The molecule has 1 aliphatic heterocycles. The number of carbonyl (C=O) groups excluding carboxylic acids is 1. The number of sulfonamides is 1. The first-order valence-electron chi connectivity index (χ1n) is 9.37. The molecule has 0 spiro atoms. The molecule has 1 atom stereocenters. The fourth-order valence-electron chi connectivity index (χ4n) is 3.60. The van der Waals surface area contributed by atoms with E-state index in [9.17, 15) is 13.2 Å². The predicted molar refractivity (Wildman–Crippen MR) is 110 cm³/mol. The first-order chi connectivity index (χ1) is 13.3. The Bertz CT molecular complexity index is 916. The smallest absolute Gasteiger partial charge is 0.237 e. The summed E-state index contributed by atoms with van der Waals surface area (Å²) in [6.07, 6.45) is 1.13. The summed E-state index contributed by atoms with van der Waals surface area (Å²) in [7, 11) is -1.38. The maximum Gasteiger partial charge on any atom is 0.237 e. The molecule has 2 aromatic rings. The highest BCUT2D eigenvalue weighted by Crippen LogP contribution is 2.33. The van der Waals surface area contributed by atoms with Crippen LogP contribution in [0, 0.1) is 0 Å². The van der Waals surface area contributed by atoms with E-state index in [2.05, 4.69) is 35.1 Å². The summed E-state index contributed by atoms with van der Waals surface area (Å²) in [6, 6.07) is 18.6. The van der Waals surface area contributed by atoms with E-state index in [-0.39, 0.29) is 24.9 Å². The van der Waals surface area contributed by atoms with E-state index >= 15 is 0 Å². The van der Waals surface area contributed by atoms with Gasteiger partial charge in [-0.25, -0.2) is 13.1 Å². The molecular formula is C21H27N3O3S. The number of amides is 1. The highest BCUT2D eigenvalue weighted by Gasteiger charge is 2.29. The zero-order valence-electron chi connectivity index (χ0n) is 16.3. The second kappa shape index (κ2) is 8.86. The second-order valence-electron chi connectivity index (χ2n) is 7.34. The van der Waals surface area contributed by atoms with Crippen molar-refractivity contribution in [1.29, 1.82) is 0 Å². The van der Waals surface area contributed by atoms with Gasteiger partial charge in [-0.15, -0.1) is 0 Å². The van der Waals surface area contributed by atoms with Crippen molar-refractivity contribution in [2.45, 2.75) is 12.5 Å². The van der Waals surface area contributed by atoms with Crippen LogP contribution in [0.3, 0.4) is 0 Å². The number of nitrogens with one attached hydrogen (secondary N) is 1. The van der Waals surface area contributed by atoms with Crippen LogP contribution in [-0.4, -0.2) is 63.6 Å². The molecule has 0 bridgehead atoms. The number of likely N-dealkylation sites (N-methyl/N-ethyl adjacent to an activating group) is 1. The van der Waals surface area contributed by atoms with Crippen molar-refractivity contribution in [2.75, 3.05) is 39.5 Å². The minimum Gasteiger partial charge on any atom is -0.336 e. The molecule has 28 heavy (non-hydrogen) atoms. The number of fused-ring (bicyclic) bond motifs is 1. The van der Waals surface area contributed by atoms with Crippen LogP contribution in [0.5, 0.6) is 0 Å². The Morgan fingerprint density at radius 1 is 1.14 bits per heavy atom. The first kappa shape index (κ1) is 20.5. The van der Waals surface area contributed by atoms with Gasteiger partial charge in [0.2, 0.25) is 15.9 Å². The average molecular weight is 402 g/mol. The van der Waals surface area contributed by atoms with E-state index in [0.717, 1.165) is 6.26 Å². The standard InChI is InChI=1S/C21H27N3O3S/c1-23(13-12-22-28(2,26)27)16-21(25)24-14-18-10-6-7-11-19(18)20(15-24)17-8-4-3-5-9-17/h3-11,20,22H,12-16H2,1-2H3. The van der Waals surface area contributed by atoms with Crippen LogP contribution in [0.15, 0.2) is 54.6 Å². The summed E-state index contributed by atoms with van der Waals surface area (Å²) in [4.78, 5) is 16.6. The van der Waals surface area contributed by atoms with Crippen molar-refractivity contribution in [3.8, 4) is 0 Å². The molecule has 1 N–H and O–H groups in total. The molecule has 0 radical (unpaired) electrons. The highest BCUT2D eigenvalue weighted by molar-refractivity contribution is 7.88. The van der Waals surface area contributed by atoms with Crippen molar-refractivity contribution >= 4 is 15.9 Å². The molecule has 6 nitrogen and oxygen atoms in total. The molecule has 0 saturated carbocycles. The van der Waals surface area contributed by atoms with E-state index in [0.29, 0.717) is 19.6 Å². The normalized spacial score (nSPS) is 16.8. The molecule has 7 heteroatoms. The first-order valence-corrected chi connectivity index (χ1v) is 11.3. The lowest BCUT2D eigenvalue weighted by atomic mass is 9.84. The zero-order chi connectivity index (χ0) is 20.1. The minimum absolute atomic E-state index is 0.0530. The van der Waals surface area contributed by atoms with Crippen LogP contribution in [0.2, 0.25) is 0 Å². The lowest BCUT2D eigenvalue weighted by Gasteiger charge is -2.36. The van der Waals surface area contributed by atoms with Crippen LogP contribution < -0.4 is 4.72 Å². The van der Waals surface area contributed by atoms with Gasteiger partial charge in [-0.2, -0.15) is 0 Å². The SMILES string of the molecule is CN(CCNS(C)(=O)=O)CC(=O)N1Cc2ccccc2C(c2ccccc2)C1. The fraction of sp³-hybridized carbons (Fsp3) is 0.381. The van der Waals surface area contributed by atoms with Crippen LogP contribution in [0.1, 0.15) is 22.6 Å². The molecule has 150 valence electrons. The summed E-state index contributed by atoms with van der Waals surface area (Å²) >= 11 is 0. The van der Waals surface area contributed by atoms with Gasteiger partial charge in [0.25, 0.3) is 0 Å². The van der Waals surface area contributed by atoms with Gasteiger partial charge in [-0.3, -0.25) is 9.69 Å². The molecule has 1 aliphatic rings. The summed E-state index contributed by atoms with van der Waals surface area (Å²) in [5.74, 6) is 0.213. The molecular weight excluding hydrogens is 374 g/mol. The summed E-state index contributed by atoms with van der Waals surface area (Å²) in [5, 5.41) is 0. The molecule has 1 unspecified atom stereocenters. The maximum atomic E-state index is 12.9. The van der Waals surface area contributed by atoms with Gasteiger partial charge in [0.05, 0.1) is 12.8 Å². The van der Waals surface area contributed by atoms with E-state index in [1.54, 1.807) is 0 Å². The van der Waals surface area contributed by atoms with Crippen molar-refractivity contribution in [2.24, 2.45) is 0 Å². The molecule has 3 rings (SSSR count). The Morgan fingerprint density at radius 2 is 1.82 bits per heavy atom. The molecule has 0 aromatic heterocycles. The Kier molecular flexibility index (Phi) is 6.49. The number of nitrogens with zero attached hydrogens (tertiary/aromatic N) is 2. The lowest BCUT2D eigenvalue weighted by molar-refractivity contribution is -0.133. The van der Waals surface area contributed by atoms with Crippen LogP contribution >= 0.6 is 0 Å². The van der Waals surface area contributed by atoms with Gasteiger partial charge < -0.3 is 4.90 Å². The summed E-state index contributed by atoms with van der Waals surface area (Å²) in [6.45, 7) is 2.28. The fourth-order valence-corrected chi connectivity index (χ4v) is 4.06. The molecule has 0 aliphatic carbocycles. The van der Waals surface area contributed by atoms with Gasteiger partial charge in [0.15, 0.2) is 0 Å². The van der Waals surface area contributed by atoms with E-state index in [4.69, 9.17) is 0 Å². The molecule has 2 aromatic carbocycles. The number of hydrogen-bond donors (Lipinski definition) is 1. The Hall–Kier alpha value is -2.22. The Balaban J connectivity index is 1.68. The van der Waals surface area contributed by atoms with E-state index in [1.165, 1.54) is 16.7 Å². The van der Waals surface area contributed by atoms with Crippen LogP contribution in [0.4, 0.5) is 0 Å². The molecule has 0 fully saturated rings. The quantitative estimate of drug-likeness (QED) is 0.766. The summed E-state index contributed by atoms with van der Waals surface area (Å²) < 4.78 is 24.8. The van der Waals surface area contributed by atoms with Gasteiger partial charge in [-0.05, 0) is 23.7 Å². The highest BCUT2D eigenvalue weighted by atomic mass is 32.2. The maximum absolute atomic E-state index is 12.9. The monoisotopic (exact) mass is 401 g/mol. The van der Waals surface area contributed by atoms with Gasteiger partial charge in [-0.1, -0.05) is 54.6 Å². The van der Waals surface area contributed by atoms with Crippen molar-refractivity contribution < 1.29 is 13.2 Å². The third-order valence-corrected chi connectivity index (χ3v) is 5.74. The van der Waals surface area contributed by atoms with E-state index in [1.807, 2.05) is 41.1 Å². The predicted octanol–water partition coefficient (Wildman–Crippen LogP) is 1.64. The molecule has 1 heterocycles. The van der Waals surface area contributed by atoms with Crippen molar-refractivity contribution in [3.05, 3.63) is 71.3 Å².